The largest absolute Gasteiger partial charge is 0.318 e. The smallest absolute Gasteiger partial charge is 0.0456 e. The fourth-order valence-corrected chi connectivity index (χ4v) is 1.66. The van der Waals surface area contributed by atoms with Crippen molar-refractivity contribution in [3.05, 3.63) is 0 Å². The summed E-state index contributed by atoms with van der Waals surface area (Å²) in [5.74, 6) is 0. The fourth-order valence-electron chi connectivity index (χ4n) is 1.66. The fraction of sp³-hybridized carbons (Fsp3) is 1.00. The maximum atomic E-state index is 5.67. The highest BCUT2D eigenvalue weighted by Crippen LogP contribution is 1.83. The van der Waals surface area contributed by atoms with Crippen molar-refractivity contribution in [3.63, 3.8) is 0 Å². The Labute approximate surface area is 92.8 Å². The molecule has 0 aromatic rings. The summed E-state index contributed by atoms with van der Waals surface area (Å²) in [6.07, 6.45) is 1.20. The van der Waals surface area contributed by atoms with Crippen LogP contribution in [0.4, 0.5) is 0 Å². The van der Waals surface area contributed by atoms with Gasteiger partial charge in [0, 0.05) is 45.9 Å². The summed E-state index contributed by atoms with van der Waals surface area (Å²) < 4.78 is 0. The molecule has 0 radical (unpaired) electrons. The van der Waals surface area contributed by atoms with E-state index in [2.05, 4.69) is 20.9 Å². The van der Waals surface area contributed by atoms with E-state index in [1.54, 1.807) is 0 Å². The molecule has 90 valence electrons. The molecule has 1 rings (SSSR count). The SMILES string of the molecule is NCN1CCNCCCNCCNCC1. The monoisotopic (exact) mass is 215 g/mol. The summed E-state index contributed by atoms with van der Waals surface area (Å²) in [6.45, 7) is 9.12. The number of nitrogens with two attached hydrogens (primary N) is 1. The van der Waals surface area contributed by atoms with Crippen molar-refractivity contribution in [2.24, 2.45) is 5.73 Å². The molecule has 1 saturated heterocycles. The average molecular weight is 215 g/mol. The minimum atomic E-state index is 0.654. The van der Waals surface area contributed by atoms with Crippen molar-refractivity contribution in [2.45, 2.75) is 6.42 Å². The van der Waals surface area contributed by atoms with Gasteiger partial charge in [0.15, 0.2) is 0 Å². The van der Waals surface area contributed by atoms with Crippen LogP contribution in [0.1, 0.15) is 6.42 Å². The van der Waals surface area contributed by atoms with Crippen LogP contribution in [0.5, 0.6) is 0 Å². The Bertz CT molecular complexity index is 128. The second-order valence-corrected chi connectivity index (χ2v) is 3.90. The van der Waals surface area contributed by atoms with Crippen LogP contribution < -0.4 is 21.7 Å². The quantitative estimate of drug-likeness (QED) is 0.423. The van der Waals surface area contributed by atoms with Gasteiger partial charge in [-0.3, -0.25) is 4.90 Å². The summed E-state index contributed by atoms with van der Waals surface area (Å²) >= 11 is 0. The zero-order valence-electron chi connectivity index (χ0n) is 9.60. The molecule has 1 fully saturated rings. The van der Waals surface area contributed by atoms with Crippen LogP contribution in [0.15, 0.2) is 0 Å². The molecule has 1 heterocycles. The summed E-state index contributed by atoms with van der Waals surface area (Å²) in [6, 6.07) is 0. The predicted octanol–water partition coefficient (Wildman–Crippen LogP) is -1.62. The summed E-state index contributed by atoms with van der Waals surface area (Å²) in [5.41, 5.74) is 5.67. The molecule has 1 aliphatic heterocycles. The first kappa shape index (κ1) is 12.9. The van der Waals surface area contributed by atoms with Gasteiger partial charge in [-0.05, 0) is 19.5 Å². The van der Waals surface area contributed by atoms with Gasteiger partial charge in [-0.15, -0.1) is 0 Å². The molecule has 0 spiro atoms. The molecule has 0 bridgehead atoms. The third-order valence-corrected chi connectivity index (χ3v) is 2.65. The zero-order valence-corrected chi connectivity index (χ0v) is 9.60. The Hall–Kier alpha value is -0.200. The van der Waals surface area contributed by atoms with Gasteiger partial charge in [-0.1, -0.05) is 0 Å². The molecule has 5 heteroatoms. The van der Waals surface area contributed by atoms with Crippen LogP contribution >= 0.6 is 0 Å². The van der Waals surface area contributed by atoms with Gasteiger partial charge in [0.2, 0.25) is 0 Å². The van der Waals surface area contributed by atoms with E-state index in [1.807, 2.05) is 0 Å². The van der Waals surface area contributed by atoms with Gasteiger partial charge in [-0.25, -0.2) is 0 Å². The number of nitrogens with one attached hydrogen (secondary N) is 3. The van der Waals surface area contributed by atoms with Crippen molar-refractivity contribution in [2.75, 3.05) is 59.0 Å². The highest BCUT2D eigenvalue weighted by molar-refractivity contribution is 4.62. The molecule has 0 amide bonds. The van der Waals surface area contributed by atoms with E-state index in [-0.39, 0.29) is 0 Å². The molecule has 1 aliphatic rings. The third kappa shape index (κ3) is 6.81. The van der Waals surface area contributed by atoms with Crippen LogP contribution in [0, 0.1) is 0 Å². The molecule has 0 unspecified atom stereocenters. The number of nitrogens with zero attached hydrogens (tertiary/aromatic N) is 1. The molecular weight excluding hydrogens is 190 g/mol. The molecule has 5 N–H and O–H groups in total. The van der Waals surface area contributed by atoms with E-state index < -0.39 is 0 Å². The van der Waals surface area contributed by atoms with Gasteiger partial charge in [0.05, 0.1) is 0 Å². The van der Waals surface area contributed by atoms with E-state index in [0.29, 0.717) is 6.67 Å². The lowest BCUT2D eigenvalue weighted by Crippen LogP contribution is -2.40. The Kier molecular flexibility index (Phi) is 7.77. The first-order valence-electron chi connectivity index (χ1n) is 5.98. The summed E-state index contributed by atoms with van der Waals surface area (Å²) in [5, 5.41) is 10.2. The molecule has 0 saturated carbocycles. The standard InChI is InChI=1S/C10H25N5/c11-10-15-8-6-13-3-1-2-12-4-5-14-7-9-15/h12-14H,1-11H2. The van der Waals surface area contributed by atoms with Crippen LogP contribution in [0.25, 0.3) is 0 Å². The lowest BCUT2D eigenvalue weighted by atomic mass is 10.4. The molecule has 0 aliphatic carbocycles. The lowest BCUT2D eigenvalue weighted by Gasteiger charge is -2.20. The predicted molar refractivity (Wildman–Crippen MR) is 63.9 cm³/mol. The van der Waals surface area contributed by atoms with Crippen LogP contribution in [-0.4, -0.2) is 63.9 Å². The van der Waals surface area contributed by atoms with E-state index >= 15 is 0 Å². The Morgan fingerprint density at radius 1 is 0.800 bits per heavy atom. The van der Waals surface area contributed by atoms with Crippen molar-refractivity contribution >= 4 is 0 Å². The van der Waals surface area contributed by atoms with E-state index in [0.717, 1.165) is 52.4 Å². The van der Waals surface area contributed by atoms with Crippen molar-refractivity contribution < 1.29 is 0 Å². The Balaban J connectivity index is 2.17. The molecule has 0 aromatic carbocycles. The molecule has 5 nitrogen and oxygen atoms in total. The van der Waals surface area contributed by atoms with Gasteiger partial charge >= 0.3 is 0 Å². The second kappa shape index (κ2) is 9.06. The molecular formula is C10H25N5. The van der Waals surface area contributed by atoms with Gasteiger partial charge in [0.1, 0.15) is 0 Å². The summed E-state index contributed by atoms with van der Waals surface area (Å²) in [4.78, 5) is 2.27. The van der Waals surface area contributed by atoms with Crippen LogP contribution in [0.2, 0.25) is 0 Å². The van der Waals surface area contributed by atoms with Crippen LogP contribution in [0.3, 0.4) is 0 Å². The highest BCUT2D eigenvalue weighted by atomic mass is 15.2. The van der Waals surface area contributed by atoms with Crippen molar-refractivity contribution in [3.8, 4) is 0 Å². The van der Waals surface area contributed by atoms with Gasteiger partial charge < -0.3 is 21.7 Å². The van der Waals surface area contributed by atoms with E-state index in [4.69, 9.17) is 5.73 Å². The first-order chi connectivity index (χ1) is 7.43. The maximum absolute atomic E-state index is 5.67. The van der Waals surface area contributed by atoms with Gasteiger partial charge in [0.25, 0.3) is 0 Å². The van der Waals surface area contributed by atoms with E-state index in [9.17, 15) is 0 Å². The second-order valence-electron chi connectivity index (χ2n) is 3.90. The average Bonchev–Trinajstić information content (AvgIpc) is 2.29. The highest BCUT2D eigenvalue weighted by Gasteiger charge is 2.01. The number of rotatable bonds is 1. The zero-order chi connectivity index (χ0) is 10.8. The van der Waals surface area contributed by atoms with Crippen molar-refractivity contribution in [1.82, 2.24) is 20.9 Å². The third-order valence-electron chi connectivity index (χ3n) is 2.65. The maximum Gasteiger partial charge on any atom is 0.0456 e. The number of hydrogen-bond donors (Lipinski definition) is 4. The minimum Gasteiger partial charge on any atom is -0.318 e. The first-order valence-corrected chi connectivity index (χ1v) is 5.98. The molecule has 15 heavy (non-hydrogen) atoms. The molecule has 0 aromatic heterocycles. The Morgan fingerprint density at radius 2 is 1.33 bits per heavy atom. The lowest BCUT2D eigenvalue weighted by molar-refractivity contribution is 0.281. The topological polar surface area (TPSA) is 65.3 Å². The van der Waals surface area contributed by atoms with Gasteiger partial charge in [-0.2, -0.15) is 0 Å². The Morgan fingerprint density at radius 3 is 1.93 bits per heavy atom. The molecule has 0 atom stereocenters. The van der Waals surface area contributed by atoms with Crippen LogP contribution in [-0.2, 0) is 0 Å². The number of hydrogen-bond acceptors (Lipinski definition) is 5. The van der Waals surface area contributed by atoms with E-state index in [1.165, 1.54) is 6.42 Å². The minimum absolute atomic E-state index is 0.654. The summed E-state index contributed by atoms with van der Waals surface area (Å²) in [7, 11) is 0. The normalized spacial score (nSPS) is 23.8. The van der Waals surface area contributed by atoms with Crippen molar-refractivity contribution in [1.29, 1.82) is 0 Å².